The smallest absolute Gasteiger partial charge is 0.377 e. The lowest BCUT2D eigenvalue weighted by Gasteiger charge is -2.15. The Morgan fingerprint density at radius 1 is 1.18 bits per heavy atom. The maximum atomic E-state index is 11.9. The zero-order valence-corrected chi connectivity index (χ0v) is 12.9. The van der Waals surface area contributed by atoms with Gasteiger partial charge in [-0.3, -0.25) is 4.79 Å². The van der Waals surface area contributed by atoms with Crippen molar-refractivity contribution in [2.45, 2.75) is 20.8 Å². The average molecular weight is 305 g/mol. The molecule has 0 saturated heterocycles. The molecule has 0 bridgehead atoms. The van der Waals surface area contributed by atoms with Crippen LogP contribution in [0.1, 0.15) is 16.7 Å². The molecule has 1 aromatic carbocycles. The molecule has 1 aliphatic heterocycles. The van der Waals surface area contributed by atoms with Crippen molar-refractivity contribution in [3.63, 3.8) is 0 Å². The summed E-state index contributed by atoms with van der Waals surface area (Å²) in [6, 6.07) is 3.96. The highest BCUT2D eigenvalue weighted by Gasteiger charge is 2.18. The van der Waals surface area contributed by atoms with Crippen molar-refractivity contribution < 1.29 is 23.8 Å². The van der Waals surface area contributed by atoms with Gasteiger partial charge in [-0.2, -0.15) is 0 Å². The Morgan fingerprint density at radius 2 is 1.86 bits per heavy atom. The van der Waals surface area contributed by atoms with Crippen molar-refractivity contribution in [3.8, 4) is 0 Å². The van der Waals surface area contributed by atoms with E-state index in [1.54, 1.807) is 0 Å². The van der Waals surface area contributed by atoms with E-state index in [1.165, 1.54) is 6.26 Å². The maximum absolute atomic E-state index is 11.9. The molecule has 1 amide bonds. The molecule has 6 heteroatoms. The molecule has 0 fully saturated rings. The number of aryl methyl sites for hydroxylation is 3. The van der Waals surface area contributed by atoms with Crippen LogP contribution in [0.5, 0.6) is 0 Å². The number of benzene rings is 1. The lowest BCUT2D eigenvalue weighted by molar-refractivity contribution is -0.148. The summed E-state index contributed by atoms with van der Waals surface area (Å²) in [6.07, 6.45) is 1.19. The standard InChI is InChI=1S/C16H19NO5/c1-10-6-11(2)15(12(3)7-10)17-14(18)9-22-16(19)13-8-20-4-5-21-13/h6-8H,4-5,9H2,1-3H3,(H,17,18). The minimum atomic E-state index is -0.716. The first-order valence-electron chi connectivity index (χ1n) is 6.97. The van der Waals surface area contributed by atoms with Gasteiger partial charge in [-0.1, -0.05) is 17.7 Å². The minimum absolute atomic E-state index is 0.0262. The predicted octanol–water partition coefficient (Wildman–Crippen LogP) is 1.98. The molecular weight excluding hydrogens is 286 g/mol. The van der Waals surface area contributed by atoms with Gasteiger partial charge in [0, 0.05) is 5.69 Å². The highest BCUT2D eigenvalue weighted by molar-refractivity contribution is 5.95. The van der Waals surface area contributed by atoms with Crippen LogP contribution in [-0.2, 0) is 23.8 Å². The Labute approximate surface area is 129 Å². The largest absolute Gasteiger partial charge is 0.493 e. The van der Waals surface area contributed by atoms with Crippen LogP contribution in [0.2, 0.25) is 0 Å². The normalized spacial score (nSPS) is 13.5. The van der Waals surface area contributed by atoms with Gasteiger partial charge in [-0.15, -0.1) is 0 Å². The van der Waals surface area contributed by atoms with Gasteiger partial charge < -0.3 is 19.5 Å². The van der Waals surface area contributed by atoms with E-state index >= 15 is 0 Å². The number of amides is 1. The van der Waals surface area contributed by atoms with Crippen molar-refractivity contribution in [1.82, 2.24) is 0 Å². The Bertz CT molecular complexity index is 598. The summed E-state index contributed by atoms with van der Waals surface area (Å²) in [5, 5.41) is 2.76. The molecule has 1 N–H and O–H groups in total. The molecular formula is C16H19NO5. The van der Waals surface area contributed by atoms with Gasteiger partial charge in [0.25, 0.3) is 5.91 Å². The second kappa shape index (κ2) is 6.98. The molecule has 0 saturated carbocycles. The highest BCUT2D eigenvalue weighted by atomic mass is 16.6. The summed E-state index contributed by atoms with van der Waals surface area (Å²) < 4.78 is 14.9. The molecule has 0 unspecified atom stereocenters. The third-order valence-corrected chi connectivity index (χ3v) is 3.13. The Morgan fingerprint density at radius 3 is 2.45 bits per heavy atom. The van der Waals surface area contributed by atoms with Crippen LogP contribution >= 0.6 is 0 Å². The fraction of sp³-hybridized carbons (Fsp3) is 0.375. The molecule has 0 aliphatic carbocycles. The van der Waals surface area contributed by atoms with Crippen molar-refractivity contribution >= 4 is 17.6 Å². The minimum Gasteiger partial charge on any atom is -0.493 e. The number of esters is 1. The zero-order chi connectivity index (χ0) is 16.1. The van der Waals surface area contributed by atoms with Crippen LogP contribution in [0.25, 0.3) is 0 Å². The highest BCUT2D eigenvalue weighted by Crippen LogP contribution is 2.21. The SMILES string of the molecule is Cc1cc(C)c(NC(=O)COC(=O)C2=COCCO2)c(C)c1. The van der Waals surface area contributed by atoms with Gasteiger partial charge in [-0.25, -0.2) is 4.79 Å². The molecule has 118 valence electrons. The van der Waals surface area contributed by atoms with E-state index in [0.717, 1.165) is 22.4 Å². The number of nitrogens with one attached hydrogen (secondary N) is 1. The number of rotatable bonds is 4. The van der Waals surface area contributed by atoms with Gasteiger partial charge in [0.1, 0.15) is 19.5 Å². The quantitative estimate of drug-likeness (QED) is 0.861. The lowest BCUT2D eigenvalue weighted by atomic mass is 10.1. The van der Waals surface area contributed by atoms with Crippen LogP contribution in [0.4, 0.5) is 5.69 Å². The lowest BCUT2D eigenvalue weighted by Crippen LogP contribution is -2.24. The number of hydrogen-bond acceptors (Lipinski definition) is 5. The summed E-state index contributed by atoms with van der Waals surface area (Å²) in [5.74, 6) is -1.14. The van der Waals surface area contributed by atoms with Gasteiger partial charge in [-0.05, 0) is 31.9 Å². The summed E-state index contributed by atoms with van der Waals surface area (Å²) in [4.78, 5) is 23.6. The first-order chi connectivity index (χ1) is 10.5. The van der Waals surface area contributed by atoms with Gasteiger partial charge in [0.05, 0.1) is 0 Å². The van der Waals surface area contributed by atoms with Crippen molar-refractivity contribution in [2.24, 2.45) is 0 Å². The molecule has 2 rings (SSSR count). The van der Waals surface area contributed by atoms with E-state index in [4.69, 9.17) is 14.2 Å². The topological polar surface area (TPSA) is 73.9 Å². The van der Waals surface area contributed by atoms with Crippen molar-refractivity contribution in [3.05, 3.63) is 40.8 Å². The van der Waals surface area contributed by atoms with Crippen LogP contribution in [-0.4, -0.2) is 31.7 Å². The second-order valence-corrected chi connectivity index (χ2v) is 5.10. The van der Waals surface area contributed by atoms with Gasteiger partial charge >= 0.3 is 5.97 Å². The summed E-state index contributed by atoms with van der Waals surface area (Å²) >= 11 is 0. The number of carbonyl (C=O) groups is 2. The number of anilines is 1. The van der Waals surface area contributed by atoms with E-state index in [0.29, 0.717) is 6.61 Å². The summed E-state index contributed by atoms with van der Waals surface area (Å²) in [5.41, 5.74) is 3.79. The van der Waals surface area contributed by atoms with E-state index in [-0.39, 0.29) is 19.0 Å². The number of hydrogen-bond donors (Lipinski definition) is 1. The molecule has 22 heavy (non-hydrogen) atoms. The van der Waals surface area contributed by atoms with E-state index in [2.05, 4.69) is 5.32 Å². The first-order valence-corrected chi connectivity index (χ1v) is 6.97. The van der Waals surface area contributed by atoms with Crippen LogP contribution in [0.15, 0.2) is 24.2 Å². The third-order valence-electron chi connectivity index (χ3n) is 3.13. The molecule has 0 radical (unpaired) electrons. The number of ether oxygens (including phenoxy) is 3. The average Bonchev–Trinajstić information content (AvgIpc) is 2.49. The zero-order valence-electron chi connectivity index (χ0n) is 12.9. The van der Waals surface area contributed by atoms with E-state index in [9.17, 15) is 9.59 Å². The first kappa shape index (κ1) is 15.9. The fourth-order valence-corrected chi connectivity index (χ4v) is 2.23. The maximum Gasteiger partial charge on any atom is 0.377 e. The predicted molar refractivity (Wildman–Crippen MR) is 80.2 cm³/mol. The van der Waals surface area contributed by atoms with Crippen LogP contribution in [0, 0.1) is 20.8 Å². The van der Waals surface area contributed by atoms with Crippen LogP contribution < -0.4 is 5.32 Å². The van der Waals surface area contributed by atoms with Gasteiger partial charge in [0.2, 0.25) is 5.76 Å². The molecule has 0 aromatic heterocycles. The summed E-state index contributed by atoms with van der Waals surface area (Å²) in [7, 11) is 0. The summed E-state index contributed by atoms with van der Waals surface area (Å²) in [6.45, 7) is 6.12. The van der Waals surface area contributed by atoms with Crippen molar-refractivity contribution in [1.29, 1.82) is 0 Å². The van der Waals surface area contributed by atoms with Crippen molar-refractivity contribution in [2.75, 3.05) is 25.1 Å². The fourth-order valence-electron chi connectivity index (χ4n) is 2.23. The molecule has 1 aromatic rings. The van der Waals surface area contributed by atoms with Crippen LogP contribution in [0.3, 0.4) is 0 Å². The third kappa shape index (κ3) is 4.00. The molecule has 0 spiro atoms. The Hall–Kier alpha value is -2.50. The Kier molecular flexibility index (Phi) is 5.04. The molecule has 1 heterocycles. The molecule has 1 aliphatic rings. The second-order valence-electron chi connectivity index (χ2n) is 5.10. The van der Waals surface area contributed by atoms with Gasteiger partial charge in [0.15, 0.2) is 6.61 Å². The monoisotopic (exact) mass is 305 g/mol. The van der Waals surface area contributed by atoms with E-state index < -0.39 is 11.9 Å². The van der Waals surface area contributed by atoms with E-state index in [1.807, 2.05) is 32.9 Å². The Balaban J connectivity index is 1.91. The number of carbonyl (C=O) groups excluding carboxylic acids is 2. The molecule has 6 nitrogen and oxygen atoms in total. The molecule has 0 atom stereocenters.